The summed E-state index contributed by atoms with van der Waals surface area (Å²) in [7, 11) is 0. The minimum atomic E-state index is 0.722. The summed E-state index contributed by atoms with van der Waals surface area (Å²) in [6, 6.07) is 0.722. The van der Waals surface area contributed by atoms with Gasteiger partial charge in [0.05, 0.1) is 0 Å². The van der Waals surface area contributed by atoms with Crippen LogP contribution in [-0.2, 0) is 0 Å². The highest BCUT2D eigenvalue weighted by molar-refractivity contribution is 4.73. The fourth-order valence-corrected chi connectivity index (χ4v) is 3.19. The Morgan fingerprint density at radius 2 is 1.94 bits per heavy atom. The molecule has 0 aromatic rings. The molecule has 16 heavy (non-hydrogen) atoms. The van der Waals surface area contributed by atoms with Crippen molar-refractivity contribution in [3.8, 4) is 0 Å². The van der Waals surface area contributed by atoms with Crippen LogP contribution in [0.25, 0.3) is 0 Å². The number of hydrogen-bond donors (Lipinski definition) is 1. The molecule has 1 unspecified atom stereocenters. The van der Waals surface area contributed by atoms with E-state index in [1.165, 1.54) is 71.1 Å². The zero-order valence-corrected chi connectivity index (χ0v) is 10.9. The molecule has 1 atom stereocenters. The third-order valence-electron chi connectivity index (χ3n) is 4.36. The molecular formula is C14H28N2. The Kier molecular flexibility index (Phi) is 5.11. The van der Waals surface area contributed by atoms with Crippen LogP contribution in [0.15, 0.2) is 0 Å². The summed E-state index contributed by atoms with van der Waals surface area (Å²) in [5.74, 6) is 1.07. The van der Waals surface area contributed by atoms with E-state index in [2.05, 4.69) is 17.1 Å². The van der Waals surface area contributed by atoms with Crippen molar-refractivity contribution >= 4 is 0 Å². The lowest BCUT2D eigenvalue weighted by molar-refractivity contribution is 0.275. The highest BCUT2D eigenvalue weighted by Crippen LogP contribution is 2.28. The average Bonchev–Trinajstić information content (AvgIpc) is 2.70. The first-order chi connectivity index (χ1) is 7.84. The molecule has 0 bridgehead atoms. The monoisotopic (exact) mass is 224 g/mol. The van der Waals surface area contributed by atoms with Gasteiger partial charge in [0.1, 0.15) is 0 Å². The fraction of sp³-hybridized carbons (Fsp3) is 1.00. The van der Waals surface area contributed by atoms with Gasteiger partial charge in [-0.1, -0.05) is 25.7 Å². The maximum atomic E-state index is 3.56. The zero-order chi connectivity index (χ0) is 11.2. The van der Waals surface area contributed by atoms with Gasteiger partial charge < -0.3 is 10.2 Å². The Balaban J connectivity index is 1.57. The van der Waals surface area contributed by atoms with Crippen molar-refractivity contribution < 1.29 is 0 Å². The van der Waals surface area contributed by atoms with E-state index in [-0.39, 0.29) is 0 Å². The molecule has 1 N–H and O–H groups in total. The molecule has 94 valence electrons. The maximum Gasteiger partial charge on any atom is 0.0107 e. The van der Waals surface area contributed by atoms with E-state index in [4.69, 9.17) is 0 Å². The van der Waals surface area contributed by atoms with Crippen LogP contribution in [0.1, 0.15) is 51.9 Å². The van der Waals surface area contributed by atoms with Crippen molar-refractivity contribution in [1.82, 2.24) is 10.2 Å². The van der Waals surface area contributed by atoms with Gasteiger partial charge in [-0.2, -0.15) is 0 Å². The molecular weight excluding hydrogens is 196 g/mol. The Morgan fingerprint density at radius 3 is 2.75 bits per heavy atom. The fourth-order valence-electron chi connectivity index (χ4n) is 3.19. The first-order valence-electron chi connectivity index (χ1n) is 7.30. The molecule has 2 nitrogen and oxygen atoms in total. The second-order valence-electron chi connectivity index (χ2n) is 5.78. The Bertz CT molecular complexity index is 187. The summed E-state index contributed by atoms with van der Waals surface area (Å²) in [4.78, 5) is 2.66. The molecule has 0 aromatic carbocycles. The summed E-state index contributed by atoms with van der Waals surface area (Å²) in [6.45, 7) is 7.39. The minimum absolute atomic E-state index is 0.722. The normalized spacial score (nSPS) is 29.4. The number of rotatable bonds is 4. The molecule has 2 aliphatic rings. The van der Waals surface area contributed by atoms with Gasteiger partial charge in [-0.05, 0) is 45.2 Å². The van der Waals surface area contributed by atoms with Crippen molar-refractivity contribution in [2.24, 2.45) is 5.92 Å². The Labute approximate surface area is 101 Å². The van der Waals surface area contributed by atoms with Gasteiger partial charge in [0.15, 0.2) is 0 Å². The zero-order valence-electron chi connectivity index (χ0n) is 10.9. The first-order valence-corrected chi connectivity index (χ1v) is 7.30. The predicted molar refractivity (Wildman–Crippen MR) is 69.7 cm³/mol. The van der Waals surface area contributed by atoms with Crippen LogP contribution in [0, 0.1) is 5.92 Å². The average molecular weight is 224 g/mol. The molecule has 1 heterocycles. The third-order valence-corrected chi connectivity index (χ3v) is 4.36. The van der Waals surface area contributed by atoms with Crippen molar-refractivity contribution in [2.75, 3.05) is 26.2 Å². The molecule has 2 heteroatoms. The van der Waals surface area contributed by atoms with Gasteiger partial charge in [-0.3, -0.25) is 0 Å². The Morgan fingerprint density at radius 1 is 1.12 bits per heavy atom. The van der Waals surface area contributed by atoms with Crippen LogP contribution in [0.4, 0.5) is 0 Å². The Hall–Kier alpha value is -0.0800. The van der Waals surface area contributed by atoms with Crippen LogP contribution in [0.3, 0.4) is 0 Å². The quantitative estimate of drug-likeness (QED) is 0.790. The molecule has 1 saturated carbocycles. The van der Waals surface area contributed by atoms with Crippen molar-refractivity contribution in [3.63, 3.8) is 0 Å². The van der Waals surface area contributed by atoms with Crippen LogP contribution < -0.4 is 5.32 Å². The van der Waals surface area contributed by atoms with Crippen LogP contribution >= 0.6 is 0 Å². The van der Waals surface area contributed by atoms with E-state index < -0.39 is 0 Å². The second kappa shape index (κ2) is 6.61. The van der Waals surface area contributed by atoms with Crippen molar-refractivity contribution in [2.45, 2.75) is 57.9 Å². The minimum Gasteiger partial charge on any atom is -0.313 e. The van der Waals surface area contributed by atoms with Gasteiger partial charge in [-0.15, -0.1) is 0 Å². The third kappa shape index (κ3) is 4.06. The van der Waals surface area contributed by atoms with Gasteiger partial charge in [0, 0.05) is 19.1 Å². The molecule has 2 rings (SSSR count). The van der Waals surface area contributed by atoms with Gasteiger partial charge in [0.2, 0.25) is 0 Å². The van der Waals surface area contributed by atoms with Crippen LogP contribution in [0.5, 0.6) is 0 Å². The van der Waals surface area contributed by atoms with E-state index >= 15 is 0 Å². The van der Waals surface area contributed by atoms with E-state index in [1.54, 1.807) is 0 Å². The summed E-state index contributed by atoms with van der Waals surface area (Å²) in [5, 5.41) is 3.56. The van der Waals surface area contributed by atoms with E-state index in [9.17, 15) is 0 Å². The lowest BCUT2D eigenvalue weighted by Crippen LogP contribution is -2.29. The smallest absolute Gasteiger partial charge is 0.0107 e. The first kappa shape index (κ1) is 12.4. The topological polar surface area (TPSA) is 15.3 Å². The van der Waals surface area contributed by atoms with Crippen molar-refractivity contribution in [3.05, 3.63) is 0 Å². The van der Waals surface area contributed by atoms with Crippen molar-refractivity contribution in [1.29, 1.82) is 0 Å². The van der Waals surface area contributed by atoms with Crippen LogP contribution in [-0.4, -0.2) is 37.1 Å². The molecule has 0 amide bonds. The molecule has 0 aromatic heterocycles. The van der Waals surface area contributed by atoms with E-state index in [0.717, 1.165) is 12.0 Å². The highest BCUT2D eigenvalue weighted by Gasteiger charge is 2.16. The van der Waals surface area contributed by atoms with Gasteiger partial charge in [-0.25, -0.2) is 0 Å². The molecule has 0 spiro atoms. The summed E-state index contributed by atoms with van der Waals surface area (Å²) >= 11 is 0. The van der Waals surface area contributed by atoms with E-state index in [0.29, 0.717) is 0 Å². The SMILES string of the molecule is CC1CCN(CCCC2CCCC2)CCN1. The summed E-state index contributed by atoms with van der Waals surface area (Å²) in [6.07, 6.45) is 10.3. The van der Waals surface area contributed by atoms with E-state index in [1.807, 2.05) is 0 Å². The predicted octanol–water partition coefficient (Wildman–Crippen LogP) is 2.64. The van der Waals surface area contributed by atoms with Crippen LogP contribution in [0.2, 0.25) is 0 Å². The lowest BCUT2D eigenvalue weighted by atomic mass is 10.0. The molecule has 1 aliphatic carbocycles. The molecule has 1 aliphatic heterocycles. The lowest BCUT2D eigenvalue weighted by Gasteiger charge is -2.20. The maximum absolute atomic E-state index is 3.56. The molecule has 2 fully saturated rings. The largest absolute Gasteiger partial charge is 0.313 e. The molecule has 0 radical (unpaired) electrons. The highest BCUT2D eigenvalue weighted by atomic mass is 15.2. The molecule has 1 saturated heterocycles. The second-order valence-corrected chi connectivity index (χ2v) is 5.78. The van der Waals surface area contributed by atoms with Gasteiger partial charge >= 0.3 is 0 Å². The number of nitrogens with zero attached hydrogens (tertiary/aromatic N) is 1. The standard InChI is InChI=1S/C14H28N2/c1-13-8-11-16(12-9-15-13)10-4-7-14-5-2-3-6-14/h13-15H,2-12H2,1H3. The number of nitrogens with one attached hydrogen (secondary N) is 1. The number of hydrogen-bond acceptors (Lipinski definition) is 2. The summed E-state index contributed by atoms with van der Waals surface area (Å²) < 4.78 is 0. The summed E-state index contributed by atoms with van der Waals surface area (Å²) in [5.41, 5.74) is 0. The van der Waals surface area contributed by atoms with Gasteiger partial charge in [0.25, 0.3) is 0 Å².